The van der Waals surface area contributed by atoms with Gasteiger partial charge in [-0.05, 0) is 31.1 Å². The Morgan fingerprint density at radius 1 is 1.26 bits per heavy atom. The summed E-state index contributed by atoms with van der Waals surface area (Å²) in [4.78, 5) is 23.6. The number of fused-ring (bicyclic) bond motifs is 2. The van der Waals surface area contributed by atoms with Crippen molar-refractivity contribution in [3.63, 3.8) is 0 Å². The van der Waals surface area contributed by atoms with Crippen molar-refractivity contribution in [2.24, 2.45) is 29.6 Å². The lowest BCUT2D eigenvalue weighted by molar-refractivity contribution is -0.148. The molecule has 2 aliphatic rings. The summed E-state index contributed by atoms with van der Waals surface area (Å²) < 4.78 is 0. The molecule has 0 aromatic carbocycles. The molecule has 1 saturated carbocycles. The van der Waals surface area contributed by atoms with Gasteiger partial charge in [0.2, 0.25) is 5.91 Å². The molecule has 5 heteroatoms. The molecule has 1 fully saturated rings. The fraction of sp³-hybridized carbons (Fsp3) is 0.714. The number of amides is 1. The number of rotatable bonds is 5. The predicted molar refractivity (Wildman–Crippen MR) is 69.2 cm³/mol. The van der Waals surface area contributed by atoms with Crippen molar-refractivity contribution < 1.29 is 19.8 Å². The normalized spacial score (nSPS) is 35.1. The van der Waals surface area contributed by atoms with Crippen LogP contribution in [0.25, 0.3) is 0 Å². The molecule has 106 valence electrons. The van der Waals surface area contributed by atoms with Crippen molar-refractivity contribution in [3.05, 3.63) is 12.2 Å². The monoisotopic (exact) mass is 267 g/mol. The Hall–Kier alpha value is -1.36. The van der Waals surface area contributed by atoms with Gasteiger partial charge in [-0.15, -0.1) is 0 Å². The molecule has 0 spiro atoms. The molecule has 3 N–H and O–H groups in total. The second kappa shape index (κ2) is 5.33. The Morgan fingerprint density at radius 3 is 2.37 bits per heavy atom. The topological polar surface area (TPSA) is 86.6 Å². The Labute approximate surface area is 112 Å². The van der Waals surface area contributed by atoms with Crippen molar-refractivity contribution in [2.45, 2.75) is 26.3 Å². The molecule has 0 aliphatic heterocycles. The zero-order valence-electron chi connectivity index (χ0n) is 11.2. The summed E-state index contributed by atoms with van der Waals surface area (Å²) in [6.45, 7) is 3.68. The lowest BCUT2D eigenvalue weighted by Crippen LogP contribution is -2.46. The van der Waals surface area contributed by atoms with Crippen molar-refractivity contribution in [2.75, 3.05) is 6.61 Å². The van der Waals surface area contributed by atoms with E-state index >= 15 is 0 Å². The summed E-state index contributed by atoms with van der Waals surface area (Å²) in [6, 6.07) is -0.157. The number of hydrogen-bond acceptors (Lipinski definition) is 3. The second-order valence-corrected chi connectivity index (χ2v) is 5.80. The van der Waals surface area contributed by atoms with Crippen LogP contribution in [-0.4, -0.2) is 34.7 Å². The first-order valence-corrected chi connectivity index (χ1v) is 6.78. The predicted octanol–water partition coefficient (Wildman–Crippen LogP) is 0.642. The first-order valence-electron chi connectivity index (χ1n) is 6.78. The number of hydrogen-bond donors (Lipinski definition) is 3. The van der Waals surface area contributed by atoms with Gasteiger partial charge in [-0.2, -0.15) is 0 Å². The fourth-order valence-electron chi connectivity index (χ4n) is 3.14. The van der Waals surface area contributed by atoms with Gasteiger partial charge >= 0.3 is 5.97 Å². The van der Waals surface area contributed by atoms with E-state index in [-0.39, 0.29) is 36.3 Å². The van der Waals surface area contributed by atoms with Gasteiger partial charge in [0.1, 0.15) is 0 Å². The van der Waals surface area contributed by atoms with Gasteiger partial charge in [0.15, 0.2) is 0 Å². The molecule has 4 unspecified atom stereocenters. The minimum Gasteiger partial charge on any atom is -0.481 e. The summed E-state index contributed by atoms with van der Waals surface area (Å²) in [5, 5.41) is 21.2. The first-order chi connectivity index (χ1) is 8.95. The molecule has 0 aromatic rings. The smallest absolute Gasteiger partial charge is 0.307 e. The third-order valence-corrected chi connectivity index (χ3v) is 4.56. The molecule has 6 atom stereocenters. The highest BCUT2D eigenvalue weighted by Gasteiger charge is 2.51. The van der Waals surface area contributed by atoms with Gasteiger partial charge in [0.05, 0.1) is 11.8 Å². The number of carboxylic acid groups (broad SMARTS) is 1. The SMILES string of the molecule is CC(CO)C(C)NC(=O)[C@H]1C2C=CC(C2)[C@H]1C(=O)O. The third kappa shape index (κ3) is 2.52. The Kier molecular flexibility index (Phi) is 3.94. The largest absolute Gasteiger partial charge is 0.481 e. The number of nitrogens with one attached hydrogen (secondary N) is 1. The van der Waals surface area contributed by atoms with E-state index in [9.17, 15) is 14.7 Å². The zero-order valence-corrected chi connectivity index (χ0v) is 11.2. The molecule has 2 bridgehead atoms. The number of aliphatic hydroxyl groups excluding tert-OH is 1. The lowest BCUT2D eigenvalue weighted by Gasteiger charge is -2.27. The molecule has 19 heavy (non-hydrogen) atoms. The molecular formula is C14H21NO4. The van der Waals surface area contributed by atoms with E-state index in [0.29, 0.717) is 0 Å². The third-order valence-electron chi connectivity index (χ3n) is 4.56. The average Bonchev–Trinajstić information content (AvgIpc) is 2.97. The highest BCUT2D eigenvalue weighted by molar-refractivity contribution is 5.87. The van der Waals surface area contributed by atoms with Gasteiger partial charge in [-0.25, -0.2) is 0 Å². The van der Waals surface area contributed by atoms with Gasteiger partial charge in [-0.1, -0.05) is 19.1 Å². The molecule has 0 aromatic heterocycles. The van der Waals surface area contributed by atoms with Crippen LogP contribution in [0.5, 0.6) is 0 Å². The zero-order chi connectivity index (χ0) is 14.2. The fourth-order valence-corrected chi connectivity index (χ4v) is 3.14. The number of carboxylic acids is 1. The Bertz CT molecular complexity index is 406. The summed E-state index contributed by atoms with van der Waals surface area (Å²) in [5.74, 6) is -2.17. The van der Waals surface area contributed by atoms with Crippen LogP contribution in [0.3, 0.4) is 0 Å². The molecule has 0 saturated heterocycles. The van der Waals surface area contributed by atoms with Gasteiger partial charge < -0.3 is 15.5 Å². The highest BCUT2D eigenvalue weighted by atomic mass is 16.4. The summed E-state index contributed by atoms with van der Waals surface area (Å²) in [7, 11) is 0. The molecule has 0 radical (unpaired) electrons. The lowest BCUT2D eigenvalue weighted by atomic mass is 9.82. The van der Waals surface area contributed by atoms with Crippen molar-refractivity contribution in [3.8, 4) is 0 Å². The van der Waals surface area contributed by atoms with E-state index in [1.165, 1.54) is 0 Å². The quantitative estimate of drug-likeness (QED) is 0.638. The molecule has 1 amide bonds. The Balaban J connectivity index is 2.06. The second-order valence-electron chi connectivity index (χ2n) is 5.80. The van der Waals surface area contributed by atoms with Crippen LogP contribution in [-0.2, 0) is 9.59 Å². The van der Waals surface area contributed by atoms with Crippen molar-refractivity contribution in [1.82, 2.24) is 5.32 Å². The van der Waals surface area contributed by atoms with Crippen LogP contribution in [0.4, 0.5) is 0 Å². The maximum absolute atomic E-state index is 12.3. The maximum Gasteiger partial charge on any atom is 0.307 e. The minimum absolute atomic E-state index is 0.000425. The maximum atomic E-state index is 12.3. The average molecular weight is 267 g/mol. The van der Waals surface area contributed by atoms with Gasteiger partial charge in [0, 0.05) is 12.6 Å². The van der Waals surface area contributed by atoms with E-state index in [1.807, 2.05) is 26.0 Å². The number of aliphatic hydroxyl groups is 1. The van der Waals surface area contributed by atoms with Crippen LogP contribution >= 0.6 is 0 Å². The van der Waals surface area contributed by atoms with Crippen molar-refractivity contribution in [1.29, 1.82) is 0 Å². The van der Waals surface area contributed by atoms with Crippen LogP contribution in [0.2, 0.25) is 0 Å². The molecule has 2 rings (SSSR count). The summed E-state index contributed by atoms with van der Waals surface area (Å²) in [5.41, 5.74) is 0. The van der Waals surface area contributed by atoms with E-state index in [1.54, 1.807) is 0 Å². The van der Waals surface area contributed by atoms with Crippen LogP contribution in [0.15, 0.2) is 12.2 Å². The number of carbonyl (C=O) groups excluding carboxylic acids is 1. The molecular weight excluding hydrogens is 246 g/mol. The van der Waals surface area contributed by atoms with Gasteiger partial charge in [-0.3, -0.25) is 9.59 Å². The van der Waals surface area contributed by atoms with Crippen molar-refractivity contribution >= 4 is 11.9 Å². The minimum atomic E-state index is -0.889. The van der Waals surface area contributed by atoms with Crippen LogP contribution < -0.4 is 5.32 Å². The van der Waals surface area contributed by atoms with Crippen LogP contribution in [0.1, 0.15) is 20.3 Å². The van der Waals surface area contributed by atoms with E-state index in [2.05, 4.69) is 5.32 Å². The first kappa shape index (κ1) is 14.1. The van der Waals surface area contributed by atoms with E-state index in [0.717, 1.165) is 6.42 Å². The summed E-state index contributed by atoms with van der Waals surface area (Å²) in [6.07, 6.45) is 4.65. The highest BCUT2D eigenvalue weighted by Crippen LogP contribution is 2.48. The standard InChI is InChI=1S/C14H21NO4/c1-7(6-16)8(2)15-13(17)11-9-3-4-10(5-9)12(11)14(18)19/h3-4,7-12,16H,5-6H2,1-2H3,(H,15,17)(H,18,19)/t7?,8?,9?,10?,11-,12+/m0/s1. The van der Waals surface area contributed by atoms with Crippen LogP contribution in [0, 0.1) is 29.6 Å². The summed E-state index contributed by atoms with van der Waals surface area (Å²) >= 11 is 0. The van der Waals surface area contributed by atoms with E-state index in [4.69, 9.17) is 5.11 Å². The van der Waals surface area contributed by atoms with E-state index < -0.39 is 17.8 Å². The molecule has 0 heterocycles. The molecule has 5 nitrogen and oxygen atoms in total. The Morgan fingerprint density at radius 2 is 1.84 bits per heavy atom. The number of allylic oxidation sites excluding steroid dienone is 2. The number of aliphatic carboxylic acids is 1. The molecule has 2 aliphatic carbocycles. The number of carbonyl (C=O) groups is 2. The van der Waals surface area contributed by atoms with Gasteiger partial charge in [0.25, 0.3) is 0 Å².